The van der Waals surface area contributed by atoms with Crippen molar-refractivity contribution in [3.05, 3.63) is 59.8 Å². The van der Waals surface area contributed by atoms with E-state index in [-0.39, 0.29) is 50.5 Å². The van der Waals surface area contributed by atoms with Gasteiger partial charge in [-0.3, -0.25) is 9.59 Å². The number of cyclic esters (lactones) is 1. The summed E-state index contributed by atoms with van der Waals surface area (Å²) in [7, 11) is 2.40. The van der Waals surface area contributed by atoms with Crippen LogP contribution in [0.1, 0.15) is 99.8 Å². The van der Waals surface area contributed by atoms with E-state index in [1.54, 1.807) is 58.9 Å². The van der Waals surface area contributed by atoms with E-state index in [0.29, 0.717) is 5.57 Å². The van der Waals surface area contributed by atoms with Crippen LogP contribution in [-0.2, 0) is 61.9 Å². The van der Waals surface area contributed by atoms with E-state index >= 15 is 0 Å². The van der Waals surface area contributed by atoms with Gasteiger partial charge in [-0.25, -0.2) is 14.4 Å². The van der Waals surface area contributed by atoms with Gasteiger partial charge in [0.25, 0.3) is 0 Å². The summed E-state index contributed by atoms with van der Waals surface area (Å²) < 4.78 is 46.5. The fraction of sp³-hybridized carbons (Fsp3) is 0.667. The molecule has 3 fully saturated rings. The van der Waals surface area contributed by atoms with Gasteiger partial charge in [-0.05, 0) is 38.7 Å². The quantitative estimate of drug-likeness (QED) is 0.0941. The molecule has 17 heteroatoms. The van der Waals surface area contributed by atoms with Gasteiger partial charge in [0.05, 0.1) is 62.7 Å². The minimum atomic E-state index is -2.46. The summed E-state index contributed by atoms with van der Waals surface area (Å²) >= 11 is 0. The molecule has 4 aliphatic heterocycles. The molecule has 0 amide bonds. The van der Waals surface area contributed by atoms with Gasteiger partial charge in [0.15, 0.2) is 11.9 Å². The average Bonchev–Trinajstić information content (AvgIpc) is 3.16. The van der Waals surface area contributed by atoms with Crippen molar-refractivity contribution in [3.63, 3.8) is 0 Å². The summed E-state index contributed by atoms with van der Waals surface area (Å²) in [6, 6.07) is 0. The van der Waals surface area contributed by atoms with Gasteiger partial charge in [0.2, 0.25) is 5.79 Å². The minimum absolute atomic E-state index is 0.0719. The molecule has 3 saturated heterocycles. The van der Waals surface area contributed by atoms with Gasteiger partial charge in [0.1, 0.15) is 12.2 Å². The number of methoxy groups -OCH3 is 2. The Morgan fingerprint density at radius 2 is 1.53 bits per heavy atom. The van der Waals surface area contributed by atoms with Crippen molar-refractivity contribution in [1.29, 1.82) is 0 Å². The van der Waals surface area contributed by atoms with Crippen molar-refractivity contribution in [1.82, 2.24) is 0 Å². The predicted molar refractivity (Wildman–Crippen MR) is 219 cm³/mol. The minimum Gasteiger partial charge on any atom is -0.466 e. The van der Waals surface area contributed by atoms with Gasteiger partial charge in [-0.2, -0.15) is 0 Å². The summed E-state index contributed by atoms with van der Waals surface area (Å²) in [5, 5.41) is 47.4. The van der Waals surface area contributed by atoms with Gasteiger partial charge >= 0.3 is 29.8 Å². The van der Waals surface area contributed by atoms with Crippen molar-refractivity contribution < 1.29 is 82.3 Å². The molecule has 11 atom stereocenters. The number of carbonyl (C=O) groups excluding carboxylic acids is 5. The lowest BCUT2D eigenvalue weighted by molar-refractivity contribution is -0.348. The highest BCUT2D eigenvalue weighted by Gasteiger charge is 2.59. The Labute approximate surface area is 362 Å². The molecule has 0 radical (unpaired) electrons. The summed E-state index contributed by atoms with van der Waals surface area (Å²) in [6.07, 6.45) is 0.501. The molecular formula is C45H64O17. The zero-order valence-corrected chi connectivity index (χ0v) is 37.1. The molecule has 6 bridgehead atoms. The zero-order chi connectivity index (χ0) is 46.2. The first-order valence-electron chi connectivity index (χ1n) is 20.9. The summed E-state index contributed by atoms with van der Waals surface area (Å²) in [6.45, 7) is 10.9. The largest absolute Gasteiger partial charge is 0.466 e. The first kappa shape index (κ1) is 50.4. The molecular weight excluding hydrogens is 812 g/mol. The van der Waals surface area contributed by atoms with E-state index < -0.39 is 114 Å². The first-order valence-corrected chi connectivity index (χ1v) is 20.9. The summed E-state index contributed by atoms with van der Waals surface area (Å²) in [5.74, 6) is -8.33. The topological polar surface area (TPSA) is 240 Å². The third-order valence-corrected chi connectivity index (χ3v) is 12.0. The molecule has 0 unspecified atom stereocenters. The van der Waals surface area contributed by atoms with Crippen LogP contribution in [0.15, 0.2) is 59.8 Å². The maximum absolute atomic E-state index is 13.4. The van der Waals surface area contributed by atoms with Crippen LogP contribution in [0.4, 0.5) is 0 Å². The fourth-order valence-electron chi connectivity index (χ4n) is 8.34. The highest BCUT2D eigenvalue weighted by Crippen LogP contribution is 2.50. The SMILES string of the molecule is C/C=C/C=C/C(=O)O[C@H]1/C(=C/C(=O)OC)C[C@H]2C[C@H]([C@@H](C)O)OC(=O)C[C@H](O)C[C@@H]3C[C@H](OC(C)=O)C(C)(C)[C@](O)(C[C@@H]4C/C(=C/C(=O)OC)C[C@H](/C=C\C(C)(C)[C@]1(O)O2)O4)O3. The van der Waals surface area contributed by atoms with E-state index in [0.717, 1.165) is 19.3 Å². The number of aliphatic hydroxyl groups excluding tert-OH is 2. The third-order valence-electron chi connectivity index (χ3n) is 12.0. The maximum Gasteiger partial charge on any atom is 0.331 e. The number of esters is 5. The number of aliphatic hydroxyl groups is 4. The van der Waals surface area contributed by atoms with Gasteiger partial charge in [0, 0.05) is 56.3 Å². The van der Waals surface area contributed by atoms with Gasteiger partial charge in [-0.1, -0.05) is 63.6 Å². The summed E-state index contributed by atoms with van der Waals surface area (Å²) in [4.78, 5) is 64.4. The Morgan fingerprint density at radius 1 is 0.855 bits per heavy atom. The Balaban J connectivity index is 1.90. The molecule has 4 rings (SSSR count). The van der Waals surface area contributed by atoms with Gasteiger partial charge < -0.3 is 58.3 Å². The average molecular weight is 877 g/mol. The lowest BCUT2D eigenvalue weighted by Crippen LogP contribution is -2.62. The molecule has 346 valence electrons. The number of hydrogen-bond donors (Lipinski definition) is 4. The van der Waals surface area contributed by atoms with Crippen molar-refractivity contribution >= 4 is 29.8 Å². The number of hydrogen-bond acceptors (Lipinski definition) is 17. The second-order valence-electron chi connectivity index (χ2n) is 17.6. The number of allylic oxidation sites excluding steroid dienone is 3. The van der Waals surface area contributed by atoms with Crippen LogP contribution < -0.4 is 0 Å². The monoisotopic (exact) mass is 876 g/mol. The Hall–Kier alpha value is -4.23. The standard InChI is InChI=1S/C45H64O17/c1-10-11-12-13-37(49)60-41-29(20-39(51)56-9)19-32-23-35(26(2)46)59-40(52)22-30(48)21-33-24-36(57-27(3)47)43(6,7)44(53,61-33)25-34-17-28(18-38(50)55-8)16-31(58-34)14-15-42(4,5)45(41,54)62-32/h10-15,18,20,26,30-36,41,46,48,53-54H,16-17,19,21-25H2,1-9H3/b11-10+,13-12+,15-14-,28-18+,29-20+/t26-,30-,31+,32+,33-,34+,35-,36+,41+,44+,45-/m1/s1. The van der Waals surface area contributed by atoms with Crippen LogP contribution in [-0.4, -0.2) is 131 Å². The summed E-state index contributed by atoms with van der Waals surface area (Å²) in [5.41, 5.74) is -2.06. The van der Waals surface area contributed by atoms with E-state index in [9.17, 15) is 44.4 Å². The number of fused-ring (bicyclic) bond motifs is 6. The van der Waals surface area contributed by atoms with Crippen LogP contribution in [0, 0.1) is 10.8 Å². The second kappa shape index (κ2) is 21.0. The number of carbonyl (C=O) groups is 5. The van der Waals surface area contributed by atoms with Crippen LogP contribution in [0.5, 0.6) is 0 Å². The zero-order valence-electron chi connectivity index (χ0n) is 37.1. The number of ether oxygens (including phenoxy) is 8. The molecule has 0 aromatic carbocycles. The Morgan fingerprint density at radius 3 is 2.16 bits per heavy atom. The van der Waals surface area contributed by atoms with E-state index in [1.807, 2.05) is 0 Å². The smallest absolute Gasteiger partial charge is 0.331 e. The van der Waals surface area contributed by atoms with Gasteiger partial charge in [-0.15, -0.1) is 0 Å². The van der Waals surface area contributed by atoms with Crippen molar-refractivity contribution in [3.8, 4) is 0 Å². The van der Waals surface area contributed by atoms with Crippen molar-refractivity contribution in [2.45, 2.75) is 166 Å². The predicted octanol–water partition coefficient (Wildman–Crippen LogP) is 3.50. The molecule has 0 aromatic rings. The fourth-order valence-corrected chi connectivity index (χ4v) is 8.34. The van der Waals surface area contributed by atoms with Crippen molar-refractivity contribution in [2.75, 3.05) is 14.2 Å². The molecule has 0 spiro atoms. The molecule has 0 aliphatic carbocycles. The highest BCUT2D eigenvalue weighted by molar-refractivity contribution is 5.85. The van der Waals surface area contributed by atoms with E-state index in [1.165, 1.54) is 33.1 Å². The third kappa shape index (κ3) is 12.5. The van der Waals surface area contributed by atoms with Crippen molar-refractivity contribution in [2.24, 2.45) is 10.8 Å². The second-order valence-corrected chi connectivity index (χ2v) is 17.6. The Kier molecular flexibility index (Phi) is 17.0. The Bertz CT molecular complexity index is 1790. The molecule has 0 saturated carbocycles. The van der Waals surface area contributed by atoms with Crippen LogP contribution in [0.3, 0.4) is 0 Å². The highest BCUT2D eigenvalue weighted by atomic mass is 16.7. The lowest BCUT2D eigenvalue weighted by Gasteiger charge is -2.53. The molecule has 4 aliphatic rings. The molecule has 4 N–H and O–H groups in total. The normalized spacial score (nSPS) is 36.6. The molecule has 4 heterocycles. The molecule has 17 nitrogen and oxygen atoms in total. The van der Waals surface area contributed by atoms with E-state index in [4.69, 9.17) is 37.9 Å². The van der Waals surface area contributed by atoms with Crippen LogP contribution in [0.2, 0.25) is 0 Å². The van der Waals surface area contributed by atoms with E-state index in [2.05, 4.69) is 0 Å². The number of rotatable bonds is 7. The van der Waals surface area contributed by atoms with Crippen LogP contribution in [0.25, 0.3) is 0 Å². The van der Waals surface area contributed by atoms with Crippen LogP contribution >= 0.6 is 0 Å². The lowest BCUT2D eigenvalue weighted by atomic mass is 9.70. The maximum atomic E-state index is 13.4. The molecule has 62 heavy (non-hydrogen) atoms. The first-order chi connectivity index (χ1) is 28.9. The molecule has 0 aromatic heterocycles.